The van der Waals surface area contributed by atoms with E-state index in [9.17, 15) is 14.4 Å². The van der Waals surface area contributed by atoms with Crippen LogP contribution >= 0.6 is 0 Å². The molecule has 0 radical (unpaired) electrons. The molecule has 0 unspecified atom stereocenters. The lowest BCUT2D eigenvalue weighted by molar-refractivity contribution is -0.167. The molecule has 0 N–H and O–H groups in total. The second kappa shape index (κ2) is 39.1. The number of hydrogen-bond acceptors (Lipinski definition) is 6. The minimum Gasteiger partial charge on any atom is -0.462 e. The zero-order chi connectivity index (χ0) is 38.3. The number of unbranched alkanes of at least 4 members (excludes halogenated alkanes) is 25. The van der Waals surface area contributed by atoms with Gasteiger partial charge in [0.15, 0.2) is 6.10 Å². The highest BCUT2D eigenvalue weighted by molar-refractivity contribution is 5.71. The normalized spacial score (nSPS) is 12.1. The average Bonchev–Trinajstić information content (AvgIpc) is 3.11. The summed E-state index contributed by atoms with van der Waals surface area (Å²) in [6, 6.07) is 0. The van der Waals surface area contributed by atoms with Gasteiger partial charge in [0, 0.05) is 19.3 Å². The Morgan fingerprint density at radius 3 is 0.942 bits per heavy atom. The summed E-state index contributed by atoms with van der Waals surface area (Å²) < 4.78 is 16.7. The Labute approximate surface area is 323 Å². The molecule has 0 rings (SSSR count). The van der Waals surface area contributed by atoms with Crippen molar-refractivity contribution in [2.45, 2.75) is 253 Å². The van der Waals surface area contributed by atoms with Gasteiger partial charge in [0.25, 0.3) is 0 Å². The first-order chi connectivity index (χ1) is 25.2. The Kier molecular flexibility index (Phi) is 37.9. The number of esters is 3. The summed E-state index contributed by atoms with van der Waals surface area (Å²) in [5.41, 5.74) is 0. The monoisotopic (exact) mass is 737 g/mol. The Morgan fingerprint density at radius 1 is 0.365 bits per heavy atom. The lowest BCUT2D eigenvalue weighted by Crippen LogP contribution is -2.30. The van der Waals surface area contributed by atoms with E-state index in [-0.39, 0.29) is 31.1 Å². The summed E-state index contributed by atoms with van der Waals surface area (Å²) in [5.74, 6) is 0.655. The fraction of sp³-hybridized carbons (Fsp3) is 0.935. The van der Waals surface area contributed by atoms with Crippen LogP contribution in [0.3, 0.4) is 0 Å². The Morgan fingerprint density at radius 2 is 0.635 bits per heavy atom. The second-order valence-corrected chi connectivity index (χ2v) is 16.6. The van der Waals surface area contributed by atoms with Crippen LogP contribution < -0.4 is 0 Å². The maximum Gasteiger partial charge on any atom is 0.306 e. The number of carbonyl (C=O) groups is 3. The van der Waals surface area contributed by atoms with Crippen molar-refractivity contribution in [1.29, 1.82) is 0 Å². The first-order valence-electron chi connectivity index (χ1n) is 22.7. The number of rotatable bonds is 40. The molecule has 1 atom stereocenters. The van der Waals surface area contributed by atoms with Crippen LogP contribution in [0.25, 0.3) is 0 Å². The molecule has 52 heavy (non-hydrogen) atoms. The van der Waals surface area contributed by atoms with E-state index in [1.807, 2.05) is 0 Å². The largest absolute Gasteiger partial charge is 0.462 e. The van der Waals surface area contributed by atoms with Crippen molar-refractivity contribution in [1.82, 2.24) is 0 Å². The molecule has 0 saturated heterocycles. The van der Waals surface area contributed by atoms with Gasteiger partial charge in [-0.25, -0.2) is 0 Å². The molecule has 0 amide bonds. The SMILES string of the molecule is CCCCCCCCCCCCCCCCCCC(=O)OC[C@H](COC(=O)CCCCCCCCC(C)C)OC(=O)CCCCCCCCC(C)C. The zero-order valence-electron chi connectivity index (χ0n) is 35.4. The summed E-state index contributed by atoms with van der Waals surface area (Å²) in [6.45, 7) is 11.2. The summed E-state index contributed by atoms with van der Waals surface area (Å²) in [5, 5.41) is 0. The van der Waals surface area contributed by atoms with E-state index >= 15 is 0 Å². The van der Waals surface area contributed by atoms with Gasteiger partial charge < -0.3 is 14.2 Å². The third kappa shape index (κ3) is 39.6. The lowest BCUT2D eigenvalue weighted by Gasteiger charge is -2.18. The molecule has 0 heterocycles. The number of hydrogen-bond donors (Lipinski definition) is 0. The molecular weight excluding hydrogens is 648 g/mol. The van der Waals surface area contributed by atoms with Crippen molar-refractivity contribution in [2.75, 3.05) is 13.2 Å². The van der Waals surface area contributed by atoms with Gasteiger partial charge in [-0.1, -0.05) is 208 Å². The predicted octanol–water partition coefficient (Wildman–Crippen LogP) is 14.2. The van der Waals surface area contributed by atoms with Gasteiger partial charge in [-0.05, 0) is 31.1 Å². The van der Waals surface area contributed by atoms with Crippen molar-refractivity contribution in [3.63, 3.8) is 0 Å². The summed E-state index contributed by atoms with van der Waals surface area (Å²) >= 11 is 0. The summed E-state index contributed by atoms with van der Waals surface area (Å²) in [6.07, 6.45) is 36.9. The van der Waals surface area contributed by atoms with Gasteiger partial charge in [0.05, 0.1) is 0 Å². The standard InChI is InChI=1S/C46H88O6/c1-6-7-8-9-10-11-12-13-14-15-16-17-18-19-26-31-36-44(47)50-39-43(52-46(49)38-33-28-23-21-25-30-35-42(4)5)40-51-45(48)37-32-27-22-20-24-29-34-41(2)3/h41-43H,6-40H2,1-5H3/t43-/m1/s1. The molecule has 0 aliphatic carbocycles. The van der Waals surface area contributed by atoms with Gasteiger partial charge in [-0.15, -0.1) is 0 Å². The van der Waals surface area contributed by atoms with E-state index in [1.54, 1.807) is 0 Å². The molecule has 0 saturated carbocycles. The molecule has 0 aliphatic rings. The molecule has 6 heteroatoms. The maximum atomic E-state index is 12.6. The van der Waals surface area contributed by atoms with Crippen molar-refractivity contribution in [3.05, 3.63) is 0 Å². The smallest absolute Gasteiger partial charge is 0.306 e. The van der Waals surface area contributed by atoms with Crippen molar-refractivity contribution >= 4 is 17.9 Å². The van der Waals surface area contributed by atoms with E-state index in [2.05, 4.69) is 34.6 Å². The molecule has 0 aromatic carbocycles. The highest BCUT2D eigenvalue weighted by Gasteiger charge is 2.19. The third-order valence-corrected chi connectivity index (χ3v) is 10.2. The van der Waals surface area contributed by atoms with Crippen LogP contribution in [-0.4, -0.2) is 37.2 Å². The molecule has 308 valence electrons. The van der Waals surface area contributed by atoms with Crippen molar-refractivity contribution < 1.29 is 28.6 Å². The van der Waals surface area contributed by atoms with E-state index < -0.39 is 6.10 Å². The van der Waals surface area contributed by atoms with E-state index in [0.29, 0.717) is 19.3 Å². The lowest BCUT2D eigenvalue weighted by atomic mass is 10.0. The molecule has 0 aliphatic heterocycles. The minimum atomic E-state index is -0.761. The van der Waals surface area contributed by atoms with E-state index in [1.165, 1.54) is 135 Å². The van der Waals surface area contributed by atoms with Crippen LogP contribution in [0.1, 0.15) is 247 Å². The minimum absolute atomic E-state index is 0.0665. The first kappa shape index (κ1) is 50.4. The highest BCUT2D eigenvalue weighted by Crippen LogP contribution is 2.16. The van der Waals surface area contributed by atoms with Crippen LogP contribution in [0.15, 0.2) is 0 Å². The van der Waals surface area contributed by atoms with Crippen LogP contribution in [0.2, 0.25) is 0 Å². The molecule has 0 aromatic rings. The molecule has 0 fully saturated rings. The van der Waals surface area contributed by atoms with Crippen LogP contribution in [-0.2, 0) is 28.6 Å². The molecule has 0 bridgehead atoms. The van der Waals surface area contributed by atoms with Gasteiger partial charge in [-0.3, -0.25) is 14.4 Å². The van der Waals surface area contributed by atoms with Crippen LogP contribution in [0, 0.1) is 11.8 Å². The van der Waals surface area contributed by atoms with Crippen LogP contribution in [0.4, 0.5) is 0 Å². The van der Waals surface area contributed by atoms with Gasteiger partial charge in [0.2, 0.25) is 0 Å². The molecular formula is C46H88O6. The Bertz CT molecular complexity index is 794. The number of carbonyl (C=O) groups excluding carboxylic acids is 3. The van der Waals surface area contributed by atoms with E-state index in [4.69, 9.17) is 14.2 Å². The van der Waals surface area contributed by atoms with Crippen LogP contribution in [0.5, 0.6) is 0 Å². The molecule has 0 aromatic heterocycles. The van der Waals surface area contributed by atoms with Crippen molar-refractivity contribution in [2.24, 2.45) is 11.8 Å². The number of ether oxygens (including phenoxy) is 3. The quantitative estimate of drug-likeness (QED) is 0.0354. The second-order valence-electron chi connectivity index (χ2n) is 16.6. The fourth-order valence-corrected chi connectivity index (χ4v) is 6.75. The predicted molar refractivity (Wildman–Crippen MR) is 220 cm³/mol. The Balaban J connectivity index is 4.25. The van der Waals surface area contributed by atoms with Gasteiger partial charge in [0.1, 0.15) is 13.2 Å². The highest BCUT2D eigenvalue weighted by atomic mass is 16.6. The maximum absolute atomic E-state index is 12.6. The Hall–Kier alpha value is -1.59. The third-order valence-electron chi connectivity index (χ3n) is 10.2. The topological polar surface area (TPSA) is 78.9 Å². The van der Waals surface area contributed by atoms with Gasteiger partial charge in [-0.2, -0.15) is 0 Å². The fourth-order valence-electron chi connectivity index (χ4n) is 6.75. The van der Waals surface area contributed by atoms with Crippen molar-refractivity contribution in [3.8, 4) is 0 Å². The molecule has 0 spiro atoms. The summed E-state index contributed by atoms with van der Waals surface area (Å²) in [7, 11) is 0. The first-order valence-corrected chi connectivity index (χ1v) is 22.7. The van der Waals surface area contributed by atoms with Gasteiger partial charge >= 0.3 is 17.9 Å². The average molecular weight is 737 g/mol. The zero-order valence-corrected chi connectivity index (χ0v) is 35.4. The van der Waals surface area contributed by atoms with E-state index in [0.717, 1.165) is 69.6 Å². The molecule has 6 nitrogen and oxygen atoms in total. The summed E-state index contributed by atoms with van der Waals surface area (Å²) in [4.78, 5) is 37.6.